The van der Waals surface area contributed by atoms with Gasteiger partial charge in [0, 0.05) is 24.9 Å². The van der Waals surface area contributed by atoms with Crippen LogP contribution in [0.4, 0.5) is 16.2 Å². The van der Waals surface area contributed by atoms with Crippen LogP contribution < -0.4 is 4.90 Å². The van der Waals surface area contributed by atoms with Crippen molar-refractivity contribution >= 4 is 23.2 Å². The van der Waals surface area contributed by atoms with Gasteiger partial charge in [0.05, 0.1) is 33.9 Å². The number of fused-ring (bicyclic) bond motifs is 2. The molecule has 0 unspecified atom stereocenters. The van der Waals surface area contributed by atoms with Gasteiger partial charge in [0.1, 0.15) is 5.60 Å². The molecule has 6 nitrogen and oxygen atoms in total. The van der Waals surface area contributed by atoms with E-state index in [1.165, 1.54) is 12.1 Å². The Morgan fingerprint density at radius 3 is 2.68 bits per heavy atom. The van der Waals surface area contributed by atoms with Gasteiger partial charge in [0.2, 0.25) is 0 Å². The zero-order valence-corrected chi connectivity index (χ0v) is 18.9. The Balaban J connectivity index is 1.46. The lowest BCUT2D eigenvalue weighted by Gasteiger charge is -2.42. The molecule has 5 rings (SSSR count). The summed E-state index contributed by atoms with van der Waals surface area (Å²) in [7, 11) is 0. The number of carbonyl (C=O) groups is 1. The molecule has 31 heavy (non-hydrogen) atoms. The standard InChI is InChI=1S/C25H30N4O2/c1-16-13-19-18(26-15-16)14-22(28-19)25(10-6-11-25)21-9-8-20-17(27-21)7-5-12-29(20)23(30)31-24(2,3)4/h8-9,13,15H,5-7,10-12,14H2,1-4H3. The Hall–Kier alpha value is -2.76. The fraction of sp³-hybridized carbons (Fsp3) is 0.520. The molecular weight excluding hydrogens is 388 g/mol. The number of aryl methyl sites for hydroxylation is 2. The third kappa shape index (κ3) is 3.52. The lowest BCUT2D eigenvalue weighted by Crippen LogP contribution is -2.44. The molecule has 0 saturated heterocycles. The lowest BCUT2D eigenvalue weighted by atomic mass is 9.62. The van der Waals surface area contributed by atoms with Crippen molar-refractivity contribution in [1.29, 1.82) is 0 Å². The van der Waals surface area contributed by atoms with Gasteiger partial charge in [0.25, 0.3) is 0 Å². The van der Waals surface area contributed by atoms with Crippen molar-refractivity contribution in [3.63, 3.8) is 0 Å². The summed E-state index contributed by atoms with van der Waals surface area (Å²) in [6.45, 7) is 8.42. The third-order valence-corrected chi connectivity index (χ3v) is 6.57. The molecule has 0 spiro atoms. The van der Waals surface area contributed by atoms with Crippen LogP contribution in [0.5, 0.6) is 0 Å². The Labute approximate surface area is 183 Å². The van der Waals surface area contributed by atoms with E-state index in [0.29, 0.717) is 6.54 Å². The molecule has 0 atom stereocenters. The SMILES string of the molecule is Cc1cnc2c(c1)N=C(C1(c3ccc4c(n3)CCCN4C(=O)OC(C)(C)C)CCC1)C2. The van der Waals surface area contributed by atoms with Crippen molar-refractivity contribution in [3.8, 4) is 0 Å². The molecule has 2 aromatic rings. The Morgan fingerprint density at radius 1 is 1.16 bits per heavy atom. The van der Waals surface area contributed by atoms with Gasteiger partial charge in [-0.1, -0.05) is 6.42 Å². The maximum atomic E-state index is 12.7. The van der Waals surface area contributed by atoms with Gasteiger partial charge in [-0.3, -0.25) is 19.9 Å². The van der Waals surface area contributed by atoms with Crippen LogP contribution in [0, 0.1) is 6.92 Å². The molecule has 2 aliphatic heterocycles. The van der Waals surface area contributed by atoms with E-state index in [0.717, 1.165) is 66.1 Å². The average molecular weight is 419 g/mol. The molecule has 3 aliphatic rings. The minimum atomic E-state index is -0.514. The summed E-state index contributed by atoms with van der Waals surface area (Å²) in [4.78, 5) is 29.2. The quantitative estimate of drug-likeness (QED) is 0.670. The number of hydrogen-bond acceptors (Lipinski definition) is 5. The summed E-state index contributed by atoms with van der Waals surface area (Å²) >= 11 is 0. The van der Waals surface area contributed by atoms with Gasteiger partial charge in [-0.15, -0.1) is 0 Å². The van der Waals surface area contributed by atoms with E-state index in [1.807, 2.05) is 27.0 Å². The predicted molar refractivity (Wildman–Crippen MR) is 121 cm³/mol. The number of rotatable bonds is 2. The topological polar surface area (TPSA) is 67.7 Å². The van der Waals surface area contributed by atoms with E-state index in [9.17, 15) is 4.79 Å². The number of nitrogens with zero attached hydrogens (tertiary/aromatic N) is 4. The van der Waals surface area contributed by atoms with Crippen LogP contribution in [-0.4, -0.2) is 33.9 Å². The van der Waals surface area contributed by atoms with Gasteiger partial charge < -0.3 is 4.74 Å². The molecule has 0 aromatic carbocycles. The van der Waals surface area contributed by atoms with E-state index < -0.39 is 5.60 Å². The number of ether oxygens (including phenoxy) is 1. The van der Waals surface area contributed by atoms with Crippen LogP contribution in [0.25, 0.3) is 0 Å². The molecule has 1 fully saturated rings. The molecule has 6 heteroatoms. The summed E-state index contributed by atoms with van der Waals surface area (Å²) in [5.74, 6) is 0. The van der Waals surface area contributed by atoms with Crippen LogP contribution in [0.1, 0.15) is 69.1 Å². The highest BCUT2D eigenvalue weighted by Crippen LogP contribution is 2.48. The normalized spacial score (nSPS) is 19.2. The summed E-state index contributed by atoms with van der Waals surface area (Å²) in [6, 6.07) is 6.29. The first kappa shape index (κ1) is 20.2. The zero-order chi connectivity index (χ0) is 21.8. The molecule has 4 heterocycles. The second-order valence-electron chi connectivity index (χ2n) is 10.0. The van der Waals surface area contributed by atoms with E-state index in [2.05, 4.69) is 30.1 Å². The molecular formula is C25H30N4O2. The summed E-state index contributed by atoms with van der Waals surface area (Å²) in [6.07, 6.45) is 7.53. The van der Waals surface area contributed by atoms with Crippen LogP contribution in [-0.2, 0) is 23.0 Å². The predicted octanol–water partition coefficient (Wildman–Crippen LogP) is 5.22. The molecule has 1 aliphatic carbocycles. The number of carbonyl (C=O) groups excluding carboxylic acids is 1. The van der Waals surface area contributed by atoms with E-state index >= 15 is 0 Å². The number of amides is 1. The summed E-state index contributed by atoms with van der Waals surface area (Å²) in [5.41, 5.74) is 6.76. The van der Waals surface area contributed by atoms with E-state index in [4.69, 9.17) is 14.7 Å². The maximum absolute atomic E-state index is 12.7. The molecule has 2 aromatic heterocycles. The highest BCUT2D eigenvalue weighted by Gasteiger charge is 2.46. The molecule has 1 amide bonds. The minimum absolute atomic E-state index is 0.0994. The van der Waals surface area contributed by atoms with Crippen LogP contribution in [0.2, 0.25) is 0 Å². The Morgan fingerprint density at radius 2 is 1.97 bits per heavy atom. The first-order valence-corrected chi connectivity index (χ1v) is 11.3. The van der Waals surface area contributed by atoms with Gasteiger partial charge in [-0.2, -0.15) is 0 Å². The molecule has 0 bridgehead atoms. The average Bonchev–Trinajstić information content (AvgIpc) is 3.08. The fourth-order valence-corrected chi connectivity index (χ4v) is 4.88. The number of aliphatic imine (C=N–C) groups is 1. The minimum Gasteiger partial charge on any atom is -0.443 e. The first-order chi connectivity index (χ1) is 14.7. The number of aromatic nitrogens is 2. The zero-order valence-electron chi connectivity index (χ0n) is 18.9. The largest absolute Gasteiger partial charge is 0.443 e. The van der Waals surface area contributed by atoms with Crippen molar-refractivity contribution in [2.24, 2.45) is 4.99 Å². The molecule has 0 radical (unpaired) electrons. The second kappa shape index (κ2) is 7.14. The monoisotopic (exact) mass is 418 g/mol. The Bertz CT molecular complexity index is 1080. The second-order valence-corrected chi connectivity index (χ2v) is 10.0. The highest BCUT2D eigenvalue weighted by atomic mass is 16.6. The first-order valence-electron chi connectivity index (χ1n) is 11.3. The van der Waals surface area contributed by atoms with Crippen molar-refractivity contribution < 1.29 is 9.53 Å². The number of pyridine rings is 2. The lowest BCUT2D eigenvalue weighted by molar-refractivity contribution is 0.0577. The van der Waals surface area contributed by atoms with Crippen LogP contribution in [0.3, 0.4) is 0 Å². The van der Waals surface area contributed by atoms with Crippen molar-refractivity contribution in [2.45, 2.75) is 77.2 Å². The molecule has 162 valence electrons. The smallest absolute Gasteiger partial charge is 0.414 e. The van der Waals surface area contributed by atoms with Crippen molar-refractivity contribution in [1.82, 2.24) is 9.97 Å². The van der Waals surface area contributed by atoms with Crippen LogP contribution >= 0.6 is 0 Å². The number of anilines is 1. The van der Waals surface area contributed by atoms with Gasteiger partial charge in [-0.05, 0) is 77.1 Å². The van der Waals surface area contributed by atoms with E-state index in [1.54, 1.807) is 4.90 Å². The highest BCUT2D eigenvalue weighted by molar-refractivity contribution is 6.02. The maximum Gasteiger partial charge on any atom is 0.414 e. The van der Waals surface area contributed by atoms with Gasteiger partial charge in [-0.25, -0.2) is 4.79 Å². The van der Waals surface area contributed by atoms with Crippen molar-refractivity contribution in [3.05, 3.63) is 47.0 Å². The summed E-state index contributed by atoms with van der Waals surface area (Å²) < 4.78 is 5.62. The fourth-order valence-electron chi connectivity index (χ4n) is 4.88. The van der Waals surface area contributed by atoms with Crippen molar-refractivity contribution in [2.75, 3.05) is 11.4 Å². The van der Waals surface area contributed by atoms with E-state index in [-0.39, 0.29) is 11.5 Å². The molecule has 1 saturated carbocycles. The summed E-state index contributed by atoms with van der Waals surface area (Å²) in [5, 5.41) is 0. The Kier molecular flexibility index (Phi) is 4.65. The third-order valence-electron chi connectivity index (χ3n) is 6.57. The van der Waals surface area contributed by atoms with Crippen LogP contribution in [0.15, 0.2) is 29.4 Å². The van der Waals surface area contributed by atoms with Gasteiger partial charge in [0.15, 0.2) is 0 Å². The number of hydrogen-bond donors (Lipinski definition) is 0. The molecule has 0 N–H and O–H groups in total. The van der Waals surface area contributed by atoms with Gasteiger partial charge >= 0.3 is 6.09 Å².